The molecule has 1 N–H and O–H groups in total. The maximum Gasteiger partial charge on any atom is 0.174 e. The predicted molar refractivity (Wildman–Crippen MR) is 268 cm³/mol. The second kappa shape index (κ2) is 26.8. The van der Waals surface area contributed by atoms with Gasteiger partial charge in [-0.05, 0) is 76.1 Å². The topological polar surface area (TPSA) is 66.0 Å². The van der Waals surface area contributed by atoms with Crippen LogP contribution in [0.1, 0.15) is 134 Å². The van der Waals surface area contributed by atoms with Gasteiger partial charge in [-0.25, -0.2) is 4.39 Å². The fourth-order valence-electron chi connectivity index (χ4n) is 4.86. The van der Waals surface area contributed by atoms with Crippen molar-refractivity contribution >= 4 is 17.5 Å². The van der Waals surface area contributed by atoms with Crippen LogP contribution in [0.15, 0.2) is 103 Å². The lowest BCUT2D eigenvalue weighted by molar-refractivity contribution is -0.129. The molecular weight excluding hydrogens is 786 g/mol. The first-order valence-corrected chi connectivity index (χ1v) is 22.5. The zero-order valence-electron chi connectivity index (χ0n) is 42.3. The molecule has 4 aromatic carbocycles. The van der Waals surface area contributed by atoms with E-state index in [2.05, 4.69) is 122 Å². The number of carbonyl (C=O) groups is 1. The molecule has 0 saturated carbocycles. The predicted octanol–water partition coefficient (Wildman–Crippen LogP) is 15.3. The average molecular weight is 870 g/mol. The SMILES string of the molecule is C1=Cc2ccccc2OC1.CC(C)(C)C.CC(C)(C)C.CC(C)(C)C.CC(C)(C)C.CC1(F)Cc2ccccc2CC1=O.c1ccc2c(c1)NCCO2.c1ccc2c(c1)OCCO2. The summed E-state index contributed by atoms with van der Waals surface area (Å²) in [7, 11) is 0. The van der Waals surface area contributed by atoms with E-state index in [1.807, 2.05) is 103 Å². The number of Topliss-reactive ketones (excluding diaryl/α,β-unsaturated/α-hetero) is 1. The molecule has 7 heteroatoms. The summed E-state index contributed by atoms with van der Waals surface area (Å²) in [5.74, 6) is 3.37. The van der Waals surface area contributed by atoms with E-state index in [0.29, 0.717) is 41.5 Å². The Bertz CT molecular complexity index is 1750. The number of nitrogens with one attached hydrogen (secondary N) is 1. The van der Waals surface area contributed by atoms with Crippen LogP contribution in [-0.2, 0) is 17.6 Å². The lowest BCUT2D eigenvalue weighted by Gasteiger charge is -2.25. The molecular formula is C56H84FNO5. The summed E-state index contributed by atoms with van der Waals surface area (Å²) < 4.78 is 34.9. The Hall–Kier alpha value is -4.78. The molecule has 1 atom stereocenters. The molecule has 63 heavy (non-hydrogen) atoms. The molecule has 1 aliphatic carbocycles. The van der Waals surface area contributed by atoms with Gasteiger partial charge in [0, 0.05) is 24.9 Å². The Kier molecular flexibility index (Phi) is 23.9. The van der Waals surface area contributed by atoms with Crippen molar-refractivity contribution in [3.05, 3.63) is 120 Å². The van der Waals surface area contributed by atoms with E-state index in [4.69, 9.17) is 18.9 Å². The lowest BCUT2D eigenvalue weighted by atomic mass is 9.82. The van der Waals surface area contributed by atoms with Crippen LogP contribution < -0.4 is 24.3 Å². The number of benzene rings is 4. The zero-order chi connectivity index (χ0) is 47.9. The summed E-state index contributed by atoms with van der Waals surface area (Å²) in [4.78, 5) is 11.3. The van der Waals surface area contributed by atoms with Crippen LogP contribution in [0.4, 0.5) is 10.1 Å². The van der Waals surface area contributed by atoms with Crippen LogP contribution in [0.25, 0.3) is 6.08 Å². The summed E-state index contributed by atoms with van der Waals surface area (Å²) in [6.07, 6.45) is 4.56. The van der Waals surface area contributed by atoms with Crippen LogP contribution >= 0.6 is 0 Å². The molecule has 0 amide bonds. The molecule has 3 heterocycles. The first kappa shape index (κ1) is 56.2. The fourth-order valence-corrected chi connectivity index (χ4v) is 4.86. The third kappa shape index (κ3) is 30.8. The number of ketones is 1. The number of alkyl halides is 1. The Morgan fingerprint density at radius 2 is 0.905 bits per heavy atom. The number of anilines is 1. The van der Waals surface area contributed by atoms with Gasteiger partial charge in [-0.2, -0.15) is 0 Å². The van der Waals surface area contributed by atoms with Crippen LogP contribution in [0.5, 0.6) is 23.0 Å². The summed E-state index contributed by atoms with van der Waals surface area (Å²) in [5.41, 5.74) is 4.56. The van der Waals surface area contributed by atoms with Crippen molar-refractivity contribution in [1.29, 1.82) is 0 Å². The van der Waals surface area contributed by atoms with E-state index in [1.54, 1.807) is 0 Å². The molecule has 0 fully saturated rings. The number of hydrogen-bond donors (Lipinski definition) is 1. The molecule has 4 aromatic rings. The third-order valence-corrected chi connectivity index (χ3v) is 7.13. The quantitative estimate of drug-likeness (QED) is 0.190. The van der Waals surface area contributed by atoms with Gasteiger partial charge in [0.1, 0.15) is 37.9 Å². The molecule has 0 radical (unpaired) electrons. The molecule has 0 saturated heterocycles. The van der Waals surface area contributed by atoms with E-state index in [9.17, 15) is 9.18 Å². The molecule has 3 aliphatic heterocycles. The van der Waals surface area contributed by atoms with Gasteiger partial charge in [0.05, 0.1) is 5.69 Å². The molecule has 1 unspecified atom stereocenters. The molecule has 6 nitrogen and oxygen atoms in total. The molecule has 0 aromatic heterocycles. The summed E-state index contributed by atoms with van der Waals surface area (Å²) >= 11 is 0. The summed E-state index contributed by atoms with van der Waals surface area (Å²) in [6, 6.07) is 31.2. The highest BCUT2D eigenvalue weighted by Crippen LogP contribution is 2.30. The van der Waals surface area contributed by atoms with Crippen molar-refractivity contribution in [1.82, 2.24) is 0 Å². The number of hydrogen-bond acceptors (Lipinski definition) is 6. The van der Waals surface area contributed by atoms with Gasteiger partial charge in [-0.1, -0.05) is 184 Å². The number of rotatable bonds is 0. The number of para-hydroxylation sites is 5. The van der Waals surface area contributed by atoms with Gasteiger partial charge in [0.2, 0.25) is 0 Å². The standard InChI is InChI=1S/C11H11FO.C9H8O.C8H9NO.C8H8O2.4C5H12/c1-11(12)7-9-5-3-2-4-8(9)6-10(11)13;1-2-6-9-8(4-1)5-3-7-10-9;2*1-2-4-8-7(3-1)9-5-6-10-8;4*1-5(2,3)4/h2-5H,6-7H2,1H3;1-6H,7H2;1-4,9H,5-6H2;1-4H,5-6H2;4*1-4H3. The van der Waals surface area contributed by atoms with E-state index in [1.165, 1.54) is 12.5 Å². The van der Waals surface area contributed by atoms with Gasteiger partial charge < -0.3 is 24.3 Å². The highest BCUT2D eigenvalue weighted by Gasteiger charge is 2.37. The van der Waals surface area contributed by atoms with Gasteiger partial charge >= 0.3 is 0 Å². The first-order chi connectivity index (χ1) is 29.0. The maximum atomic E-state index is 13.6. The van der Waals surface area contributed by atoms with E-state index in [-0.39, 0.29) is 18.6 Å². The number of halogens is 1. The highest BCUT2D eigenvalue weighted by molar-refractivity contribution is 5.91. The minimum Gasteiger partial charge on any atom is -0.490 e. The molecule has 8 rings (SSSR count). The number of fused-ring (bicyclic) bond motifs is 4. The largest absolute Gasteiger partial charge is 0.490 e. The van der Waals surface area contributed by atoms with Gasteiger partial charge in [-0.15, -0.1) is 0 Å². The van der Waals surface area contributed by atoms with Crippen molar-refractivity contribution in [2.24, 2.45) is 21.7 Å². The second-order valence-electron chi connectivity index (χ2n) is 22.4. The third-order valence-electron chi connectivity index (χ3n) is 7.13. The van der Waals surface area contributed by atoms with Crippen molar-refractivity contribution in [3.63, 3.8) is 0 Å². The summed E-state index contributed by atoms with van der Waals surface area (Å²) in [6.45, 7) is 40.1. The average Bonchev–Trinajstić information content (AvgIpc) is 3.17. The van der Waals surface area contributed by atoms with Crippen molar-refractivity contribution in [2.75, 3.05) is 38.3 Å². The summed E-state index contributed by atoms with van der Waals surface area (Å²) in [5, 5.41) is 3.24. The Morgan fingerprint density at radius 1 is 0.508 bits per heavy atom. The van der Waals surface area contributed by atoms with Crippen LogP contribution in [0.2, 0.25) is 0 Å². The minimum atomic E-state index is -1.66. The molecule has 0 spiro atoms. The second-order valence-corrected chi connectivity index (χ2v) is 22.4. The van der Waals surface area contributed by atoms with Crippen molar-refractivity contribution in [3.8, 4) is 23.0 Å². The van der Waals surface area contributed by atoms with E-state index < -0.39 is 5.67 Å². The normalized spacial score (nSPS) is 16.3. The zero-order valence-corrected chi connectivity index (χ0v) is 42.3. The monoisotopic (exact) mass is 870 g/mol. The number of ether oxygens (including phenoxy) is 4. The lowest BCUT2D eigenvalue weighted by Crippen LogP contribution is -2.38. The van der Waals surface area contributed by atoms with Crippen molar-refractivity contribution < 1.29 is 28.1 Å². The molecule has 0 bridgehead atoms. The van der Waals surface area contributed by atoms with Crippen LogP contribution in [-0.4, -0.2) is 44.4 Å². The number of carbonyl (C=O) groups excluding carboxylic acids is 1. The van der Waals surface area contributed by atoms with Crippen molar-refractivity contribution in [2.45, 2.75) is 136 Å². The Morgan fingerprint density at radius 3 is 1.38 bits per heavy atom. The smallest absolute Gasteiger partial charge is 0.174 e. The van der Waals surface area contributed by atoms with Gasteiger partial charge in [0.25, 0.3) is 0 Å². The van der Waals surface area contributed by atoms with Crippen LogP contribution in [0, 0.1) is 21.7 Å². The van der Waals surface area contributed by atoms with E-state index in [0.717, 1.165) is 53.0 Å². The molecule has 4 aliphatic rings. The van der Waals surface area contributed by atoms with Gasteiger partial charge in [-0.3, -0.25) is 4.79 Å². The fraction of sp³-hybridized carbons (Fsp3) is 0.518. The first-order valence-electron chi connectivity index (χ1n) is 22.5. The van der Waals surface area contributed by atoms with E-state index >= 15 is 0 Å². The van der Waals surface area contributed by atoms with Crippen LogP contribution in [0.3, 0.4) is 0 Å². The maximum absolute atomic E-state index is 13.6. The van der Waals surface area contributed by atoms with Gasteiger partial charge in [0.15, 0.2) is 23.0 Å². The minimum absolute atomic E-state index is 0.224. The Labute approximate surface area is 383 Å². The Balaban J connectivity index is 0.000000371. The highest BCUT2D eigenvalue weighted by atomic mass is 19.1. The molecule has 350 valence electrons.